The largest absolute Gasteiger partial charge is 0.416 e. The summed E-state index contributed by atoms with van der Waals surface area (Å²) in [5.41, 5.74) is 0.788. The zero-order valence-electron chi connectivity index (χ0n) is 20.7. The van der Waals surface area contributed by atoms with Crippen molar-refractivity contribution in [3.05, 3.63) is 65.5 Å². The zero-order chi connectivity index (χ0) is 26.2. The summed E-state index contributed by atoms with van der Waals surface area (Å²) < 4.78 is 43.2. The molecule has 5 nitrogen and oxygen atoms in total. The van der Waals surface area contributed by atoms with E-state index in [9.17, 15) is 22.8 Å². The molecule has 1 N–H and O–H groups in total. The molecule has 196 valence electrons. The molecule has 1 aromatic carbocycles. The Bertz CT molecular complexity index is 1300. The number of nitrogens with one attached hydrogen (secondary N) is 1. The van der Waals surface area contributed by atoms with E-state index in [2.05, 4.69) is 5.32 Å². The van der Waals surface area contributed by atoms with Gasteiger partial charge in [0.1, 0.15) is 0 Å². The van der Waals surface area contributed by atoms with Crippen LogP contribution in [0.2, 0.25) is 0 Å². The highest BCUT2D eigenvalue weighted by Gasteiger charge is 2.42. The van der Waals surface area contributed by atoms with E-state index in [0.29, 0.717) is 5.69 Å². The molecule has 2 amide bonds. The number of carbonyl (C=O) groups excluding carboxylic acids is 2. The third kappa shape index (κ3) is 5.10. The van der Waals surface area contributed by atoms with Gasteiger partial charge in [-0.3, -0.25) is 14.5 Å². The van der Waals surface area contributed by atoms with Gasteiger partial charge in [0, 0.05) is 34.6 Å². The lowest BCUT2D eigenvalue weighted by atomic mass is 10.0. The maximum Gasteiger partial charge on any atom is 0.416 e. The lowest BCUT2D eigenvalue weighted by Gasteiger charge is -2.32. The van der Waals surface area contributed by atoms with Crippen molar-refractivity contribution >= 4 is 34.5 Å². The molecular weight excluding hydrogens is 499 g/mol. The van der Waals surface area contributed by atoms with Gasteiger partial charge in [0.15, 0.2) is 6.04 Å². The summed E-state index contributed by atoms with van der Waals surface area (Å²) in [7, 11) is 1.85. The van der Waals surface area contributed by atoms with Gasteiger partial charge in [-0.25, -0.2) is 0 Å². The van der Waals surface area contributed by atoms with Gasteiger partial charge in [0.2, 0.25) is 11.8 Å². The van der Waals surface area contributed by atoms with Gasteiger partial charge in [0.25, 0.3) is 0 Å². The number of benzene rings is 1. The first-order chi connectivity index (χ1) is 17.8. The molecule has 1 fully saturated rings. The number of para-hydroxylation sites is 1. The summed E-state index contributed by atoms with van der Waals surface area (Å²) in [6.45, 7) is 0. The first-order valence-corrected chi connectivity index (χ1v) is 13.7. The molecule has 0 radical (unpaired) electrons. The van der Waals surface area contributed by atoms with Gasteiger partial charge in [-0.1, -0.05) is 62.1 Å². The van der Waals surface area contributed by atoms with Crippen molar-refractivity contribution in [1.29, 1.82) is 0 Å². The Balaban J connectivity index is 1.65. The van der Waals surface area contributed by atoms with Crippen molar-refractivity contribution in [2.75, 3.05) is 5.75 Å². The number of rotatable bonds is 3. The van der Waals surface area contributed by atoms with Crippen molar-refractivity contribution in [2.24, 2.45) is 7.05 Å². The van der Waals surface area contributed by atoms with Crippen molar-refractivity contribution < 1.29 is 22.8 Å². The van der Waals surface area contributed by atoms with Gasteiger partial charge in [-0.2, -0.15) is 13.2 Å². The second kappa shape index (κ2) is 10.4. The van der Waals surface area contributed by atoms with Crippen molar-refractivity contribution in [3.8, 4) is 0 Å². The third-order valence-corrected chi connectivity index (χ3v) is 8.46. The molecule has 1 unspecified atom stereocenters. The van der Waals surface area contributed by atoms with Crippen LogP contribution in [0.4, 0.5) is 13.2 Å². The summed E-state index contributed by atoms with van der Waals surface area (Å²) in [5.74, 6) is -0.721. The first kappa shape index (κ1) is 25.7. The second-order valence-electron chi connectivity index (χ2n) is 9.81. The molecule has 1 aliphatic heterocycles. The number of hydrogen-bond acceptors (Lipinski definition) is 3. The number of thioether (sulfide) groups is 1. The van der Waals surface area contributed by atoms with Gasteiger partial charge >= 0.3 is 6.18 Å². The average Bonchev–Trinajstić information content (AvgIpc) is 3.19. The summed E-state index contributed by atoms with van der Waals surface area (Å²) in [6, 6.07) is 6.62. The molecular formula is C28H30F3N3O2S. The highest BCUT2D eigenvalue weighted by Crippen LogP contribution is 2.44. The number of aromatic nitrogens is 1. The Morgan fingerprint density at radius 1 is 1.11 bits per heavy atom. The fraction of sp³-hybridized carbons (Fsp3) is 0.429. The van der Waals surface area contributed by atoms with E-state index in [0.717, 1.165) is 66.5 Å². The Labute approximate surface area is 218 Å². The number of amides is 2. The molecule has 37 heavy (non-hydrogen) atoms. The highest BCUT2D eigenvalue weighted by molar-refractivity contribution is 8.00. The van der Waals surface area contributed by atoms with Crippen LogP contribution in [0.1, 0.15) is 56.7 Å². The lowest BCUT2D eigenvalue weighted by Crippen LogP contribution is -2.46. The zero-order valence-corrected chi connectivity index (χ0v) is 21.5. The predicted octanol–water partition coefficient (Wildman–Crippen LogP) is 6.33. The molecule has 0 bridgehead atoms. The standard InChI is InChI=1S/C28H30F3N3O2S/c1-33-22-15-9-8-14-21(22)26-24(33)25(27(36)32-19-11-4-2-3-5-12-19)34(23(35)17-37-26)20-13-7-6-10-18(16-20)28(29,30)31/h6,8-10,13-16,19,25H,2-5,7,11-12,17H2,1H3,(H,32,36). The van der Waals surface area contributed by atoms with Gasteiger partial charge in [0.05, 0.1) is 17.0 Å². The van der Waals surface area contributed by atoms with Crippen molar-refractivity contribution in [1.82, 2.24) is 14.8 Å². The number of nitrogens with zero attached hydrogens (tertiary/aromatic N) is 2. The van der Waals surface area contributed by atoms with Crippen LogP contribution in [0.3, 0.4) is 0 Å². The number of hydrogen-bond donors (Lipinski definition) is 1. The van der Waals surface area contributed by atoms with Crippen LogP contribution in [-0.2, 0) is 16.6 Å². The van der Waals surface area contributed by atoms with Crippen molar-refractivity contribution in [2.45, 2.75) is 68.1 Å². The number of carbonyl (C=O) groups is 2. The third-order valence-electron chi connectivity index (χ3n) is 7.35. The molecule has 2 heterocycles. The van der Waals surface area contributed by atoms with E-state index >= 15 is 0 Å². The SMILES string of the molecule is Cn1c2c(c3ccccc31)SCC(=O)N(C1=CCC=CC(C(F)(F)F)=C1)C2C(=O)NC1CCCCCC1. The molecule has 2 aliphatic carbocycles. The molecule has 3 aliphatic rings. The summed E-state index contributed by atoms with van der Waals surface area (Å²) in [5, 5.41) is 4.10. The summed E-state index contributed by atoms with van der Waals surface area (Å²) >= 11 is 1.34. The number of alkyl halides is 3. The average molecular weight is 530 g/mol. The quantitative estimate of drug-likeness (QED) is 0.473. The minimum Gasteiger partial charge on any atom is -0.351 e. The molecule has 9 heteroatoms. The summed E-state index contributed by atoms with van der Waals surface area (Å²) in [4.78, 5) is 29.8. The fourth-order valence-electron chi connectivity index (χ4n) is 5.54. The van der Waals surface area contributed by atoms with Gasteiger partial charge in [-0.05, 0) is 31.4 Å². The van der Waals surface area contributed by atoms with E-state index in [4.69, 9.17) is 0 Å². The Morgan fingerprint density at radius 2 is 1.84 bits per heavy atom. The van der Waals surface area contributed by atoms with Crippen molar-refractivity contribution in [3.63, 3.8) is 0 Å². The van der Waals surface area contributed by atoms with Crippen LogP contribution in [0.5, 0.6) is 0 Å². The van der Waals surface area contributed by atoms with E-state index in [1.54, 1.807) is 6.08 Å². The van der Waals surface area contributed by atoms with Gasteiger partial charge < -0.3 is 9.88 Å². The van der Waals surface area contributed by atoms with Crippen LogP contribution in [0.15, 0.2) is 64.7 Å². The van der Waals surface area contributed by atoms with Crippen LogP contribution < -0.4 is 5.32 Å². The monoisotopic (exact) mass is 529 g/mol. The molecule has 2 aromatic rings. The number of fused-ring (bicyclic) bond motifs is 3. The predicted molar refractivity (Wildman–Crippen MR) is 139 cm³/mol. The molecule has 5 rings (SSSR count). The van der Waals surface area contributed by atoms with E-state index in [1.165, 1.54) is 22.7 Å². The molecule has 0 saturated heterocycles. The second-order valence-corrected chi connectivity index (χ2v) is 10.8. The fourth-order valence-corrected chi connectivity index (χ4v) is 6.67. The van der Waals surface area contributed by atoms with Crippen LogP contribution in [0, 0.1) is 0 Å². The molecule has 1 aromatic heterocycles. The lowest BCUT2D eigenvalue weighted by molar-refractivity contribution is -0.137. The molecule has 1 saturated carbocycles. The molecule has 1 atom stereocenters. The smallest absolute Gasteiger partial charge is 0.351 e. The summed E-state index contributed by atoms with van der Waals surface area (Å²) in [6.07, 6.45) is 6.67. The topological polar surface area (TPSA) is 54.3 Å². The van der Waals surface area contributed by atoms with Crippen LogP contribution >= 0.6 is 11.8 Å². The van der Waals surface area contributed by atoms with E-state index in [-0.39, 0.29) is 29.8 Å². The highest BCUT2D eigenvalue weighted by atomic mass is 32.2. The molecule has 0 spiro atoms. The number of allylic oxidation sites excluding steroid dienone is 5. The maximum absolute atomic E-state index is 14.1. The Hall–Kier alpha value is -2.94. The van der Waals surface area contributed by atoms with E-state index < -0.39 is 23.7 Å². The Kier molecular flexibility index (Phi) is 7.25. The number of halogens is 3. The number of aryl methyl sites for hydroxylation is 1. The van der Waals surface area contributed by atoms with E-state index in [1.807, 2.05) is 35.9 Å². The normalized spacial score (nSPS) is 21.6. The van der Waals surface area contributed by atoms with Crippen LogP contribution in [-0.4, -0.2) is 39.3 Å². The maximum atomic E-state index is 14.1. The first-order valence-electron chi connectivity index (χ1n) is 12.7. The van der Waals surface area contributed by atoms with Gasteiger partial charge in [-0.15, -0.1) is 11.8 Å². The Morgan fingerprint density at radius 3 is 2.57 bits per heavy atom. The minimum absolute atomic E-state index is 0.0212. The minimum atomic E-state index is -4.58. The van der Waals surface area contributed by atoms with Crippen LogP contribution in [0.25, 0.3) is 10.9 Å².